The topological polar surface area (TPSA) is 130 Å². The molecule has 1 heterocycles. The summed E-state index contributed by atoms with van der Waals surface area (Å²) in [5.41, 5.74) is 2.60. The van der Waals surface area contributed by atoms with E-state index in [-0.39, 0.29) is 23.6 Å². The van der Waals surface area contributed by atoms with E-state index in [0.717, 1.165) is 15.4 Å². The summed E-state index contributed by atoms with van der Waals surface area (Å²) in [5, 5.41) is 12.7. The van der Waals surface area contributed by atoms with Crippen molar-refractivity contribution >= 4 is 33.4 Å². The van der Waals surface area contributed by atoms with Crippen LogP contribution in [-0.4, -0.2) is 60.3 Å². The fraction of sp³-hybridized carbons (Fsp3) is 0.375. The number of esters is 1. The van der Waals surface area contributed by atoms with Gasteiger partial charge in [0, 0.05) is 24.2 Å². The third-order valence-electron chi connectivity index (χ3n) is 5.81. The van der Waals surface area contributed by atoms with Crippen LogP contribution in [0, 0.1) is 13.8 Å². The first-order valence-corrected chi connectivity index (χ1v) is 12.2. The maximum absolute atomic E-state index is 13.2. The molecular formula is C24H28N2O7S. The largest absolute Gasteiger partial charge is 0.451 e. The number of hydrogen-bond donors (Lipinski definition) is 2. The minimum absolute atomic E-state index is 0.0160. The number of ketones is 1. The SMILES string of the molecule is CC(=O)c1ccc(NC(=O)C(C)OC(=O)C2CC(O)CN2S(=O)(=O)c2ccc(C)c(C)c2)cc1. The average molecular weight is 489 g/mol. The summed E-state index contributed by atoms with van der Waals surface area (Å²) in [5.74, 6) is -1.65. The van der Waals surface area contributed by atoms with E-state index in [1.165, 1.54) is 26.0 Å². The van der Waals surface area contributed by atoms with Crippen molar-refractivity contribution in [3.63, 3.8) is 0 Å². The predicted molar refractivity (Wildman–Crippen MR) is 125 cm³/mol. The third-order valence-corrected chi connectivity index (χ3v) is 7.68. The van der Waals surface area contributed by atoms with Gasteiger partial charge in [-0.3, -0.25) is 14.4 Å². The van der Waals surface area contributed by atoms with E-state index in [1.54, 1.807) is 37.3 Å². The number of anilines is 1. The summed E-state index contributed by atoms with van der Waals surface area (Å²) in [6.07, 6.45) is -2.39. The van der Waals surface area contributed by atoms with E-state index in [4.69, 9.17) is 4.74 Å². The Morgan fingerprint density at radius 3 is 2.32 bits per heavy atom. The molecule has 2 N–H and O–H groups in total. The molecule has 34 heavy (non-hydrogen) atoms. The quantitative estimate of drug-likeness (QED) is 0.451. The molecule has 0 spiro atoms. The fourth-order valence-electron chi connectivity index (χ4n) is 3.61. The predicted octanol–water partition coefficient (Wildman–Crippen LogP) is 2.20. The first kappa shape index (κ1) is 25.5. The maximum atomic E-state index is 13.2. The number of carbonyl (C=O) groups is 3. The molecule has 3 unspecified atom stereocenters. The van der Waals surface area contributed by atoms with Gasteiger partial charge in [-0.25, -0.2) is 8.42 Å². The standard InChI is InChI=1S/C24H28N2O7S/c1-14-5-10-21(11-15(14)2)34(31,32)26-13-20(28)12-22(26)24(30)33-17(4)23(29)25-19-8-6-18(7-9-19)16(3)27/h5-11,17,20,22,28H,12-13H2,1-4H3,(H,25,29). The molecule has 0 radical (unpaired) electrons. The Kier molecular flexibility index (Phi) is 7.54. The van der Waals surface area contributed by atoms with Crippen molar-refractivity contribution in [2.75, 3.05) is 11.9 Å². The lowest BCUT2D eigenvalue weighted by molar-refractivity contribution is -0.156. The van der Waals surface area contributed by atoms with E-state index >= 15 is 0 Å². The fourth-order valence-corrected chi connectivity index (χ4v) is 5.32. The van der Waals surface area contributed by atoms with E-state index in [1.807, 2.05) is 6.92 Å². The molecule has 1 aliphatic rings. The Hall–Kier alpha value is -3.08. The molecule has 3 rings (SSSR count). The second-order valence-electron chi connectivity index (χ2n) is 8.43. The molecule has 1 aliphatic heterocycles. The second-order valence-corrected chi connectivity index (χ2v) is 10.3. The molecule has 2 aromatic carbocycles. The van der Waals surface area contributed by atoms with Crippen LogP contribution in [0.2, 0.25) is 0 Å². The number of nitrogens with zero attached hydrogens (tertiary/aromatic N) is 1. The lowest BCUT2D eigenvalue weighted by Crippen LogP contribution is -2.43. The molecule has 1 saturated heterocycles. The van der Waals surface area contributed by atoms with Crippen molar-refractivity contribution in [1.82, 2.24) is 4.31 Å². The first-order valence-electron chi connectivity index (χ1n) is 10.8. The Morgan fingerprint density at radius 2 is 1.74 bits per heavy atom. The van der Waals surface area contributed by atoms with Crippen molar-refractivity contribution in [3.05, 3.63) is 59.2 Å². The lowest BCUT2D eigenvalue weighted by Gasteiger charge is -2.24. The van der Waals surface area contributed by atoms with Gasteiger partial charge in [-0.05, 0) is 75.2 Å². The molecule has 10 heteroatoms. The van der Waals surface area contributed by atoms with Gasteiger partial charge in [0.25, 0.3) is 5.91 Å². The first-order chi connectivity index (χ1) is 15.9. The Morgan fingerprint density at radius 1 is 1.09 bits per heavy atom. The van der Waals surface area contributed by atoms with Crippen molar-refractivity contribution in [3.8, 4) is 0 Å². The smallest absolute Gasteiger partial charge is 0.325 e. The van der Waals surface area contributed by atoms with E-state index in [2.05, 4.69) is 5.32 Å². The van der Waals surface area contributed by atoms with Gasteiger partial charge < -0.3 is 15.2 Å². The number of hydrogen-bond acceptors (Lipinski definition) is 7. The minimum Gasteiger partial charge on any atom is -0.451 e. The van der Waals surface area contributed by atoms with Crippen LogP contribution in [0.25, 0.3) is 0 Å². The minimum atomic E-state index is -4.08. The summed E-state index contributed by atoms with van der Waals surface area (Å²) in [4.78, 5) is 36.7. The number of ether oxygens (including phenoxy) is 1. The summed E-state index contributed by atoms with van der Waals surface area (Å²) >= 11 is 0. The van der Waals surface area contributed by atoms with Gasteiger partial charge in [0.15, 0.2) is 11.9 Å². The number of Topliss-reactive ketones (excluding diaryl/α,β-unsaturated/α-hetero) is 1. The van der Waals surface area contributed by atoms with E-state index < -0.39 is 40.1 Å². The molecule has 0 saturated carbocycles. The maximum Gasteiger partial charge on any atom is 0.325 e. The van der Waals surface area contributed by atoms with Crippen LogP contribution in [-0.2, 0) is 24.3 Å². The molecule has 0 aromatic heterocycles. The van der Waals surface area contributed by atoms with Gasteiger partial charge in [-0.15, -0.1) is 0 Å². The molecule has 1 amide bonds. The third kappa shape index (κ3) is 5.52. The Labute approximate surface area is 198 Å². The van der Waals surface area contributed by atoms with Crippen LogP contribution in [0.5, 0.6) is 0 Å². The molecule has 9 nitrogen and oxygen atoms in total. The zero-order chi connectivity index (χ0) is 25.2. The molecule has 0 bridgehead atoms. The van der Waals surface area contributed by atoms with Crippen LogP contribution >= 0.6 is 0 Å². The van der Waals surface area contributed by atoms with Gasteiger partial charge >= 0.3 is 5.97 Å². The number of benzene rings is 2. The number of carbonyl (C=O) groups excluding carboxylic acids is 3. The van der Waals surface area contributed by atoms with Gasteiger partial charge in [-0.1, -0.05) is 6.07 Å². The summed E-state index contributed by atoms with van der Waals surface area (Å²) in [6.45, 7) is 6.18. The highest BCUT2D eigenvalue weighted by Gasteiger charge is 2.45. The summed E-state index contributed by atoms with van der Waals surface area (Å²) in [6, 6.07) is 9.62. The van der Waals surface area contributed by atoms with Crippen molar-refractivity contribution in [1.29, 1.82) is 0 Å². The number of amides is 1. The monoisotopic (exact) mass is 488 g/mol. The number of β-amino-alcohol motifs (C(OH)–C–C–N with tert-alkyl or cyclic N) is 1. The molecule has 3 atom stereocenters. The summed E-state index contributed by atoms with van der Waals surface area (Å²) in [7, 11) is -4.08. The lowest BCUT2D eigenvalue weighted by atomic mass is 10.1. The number of sulfonamides is 1. The van der Waals surface area contributed by atoms with Crippen LogP contribution in [0.1, 0.15) is 41.8 Å². The second kappa shape index (κ2) is 10.0. The molecule has 2 aromatic rings. The normalized spacial score (nSPS) is 19.4. The Balaban J connectivity index is 1.71. The van der Waals surface area contributed by atoms with E-state index in [9.17, 15) is 27.9 Å². The zero-order valence-corrected chi connectivity index (χ0v) is 20.3. The van der Waals surface area contributed by atoms with Crippen LogP contribution in [0.3, 0.4) is 0 Å². The van der Waals surface area contributed by atoms with Crippen LogP contribution < -0.4 is 5.32 Å². The number of nitrogens with one attached hydrogen (secondary N) is 1. The van der Waals surface area contributed by atoms with Gasteiger partial charge in [-0.2, -0.15) is 4.31 Å². The highest BCUT2D eigenvalue weighted by atomic mass is 32.2. The highest BCUT2D eigenvalue weighted by molar-refractivity contribution is 7.89. The van der Waals surface area contributed by atoms with Gasteiger partial charge in [0.05, 0.1) is 11.0 Å². The van der Waals surface area contributed by atoms with Gasteiger partial charge in [0.1, 0.15) is 6.04 Å². The van der Waals surface area contributed by atoms with E-state index in [0.29, 0.717) is 11.3 Å². The number of aliphatic hydroxyl groups is 1. The highest BCUT2D eigenvalue weighted by Crippen LogP contribution is 2.28. The number of aryl methyl sites for hydroxylation is 2. The molecular weight excluding hydrogens is 460 g/mol. The molecule has 0 aliphatic carbocycles. The molecule has 1 fully saturated rings. The zero-order valence-electron chi connectivity index (χ0n) is 19.4. The summed E-state index contributed by atoms with van der Waals surface area (Å²) < 4.78 is 32.6. The van der Waals surface area contributed by atoms with Crippen molar-refractivity contribution < 1.29 is 32.6 Å². The molecule has 182 valence electrons. The van der Waals surface area contributed by atoms with Crippen molar-refractivity contribution in [2.24, 2.45) is 0 Å². The van der Waals surface area contributed by atoms with Gasteiger partial charge in [0.2, 0.25) is 10.0 Å². The Bertz CT molecular complexity index is 1210. The van der Waals surface area contributed by atoms with Crippen LogP contribution in [0.4, 0.5) is 5.69 Å². The van der Waals surface area contributed by atoms with Crippen LogP contribution in [0.15, 0.2) is 47.4 Å². The average Bonchev–Trinajstić information content (AvgIpc) is 3.18. The number of rotatable bonds is 7. The van der Waals surface area contributed by atoms with Crippen molar-refractivity contribution in [2.45, 2.75) is 57.3 Å². The number of aliphatic hydroxyl groups excluding tert-OH is 1.